The van der Waals surface area contributed by atoms with Crippen molar-refractivity contribution < 1.29 is 19.1 Å². The number of hydrogen-bond acceptors (Lipinski definition) is 4. The number of carbonyl (C=O) groups excluding carboxylic acids is 2. The molecule has 1 unspecified atom stereocenters. The van der Waals surface area contributed by atoms with E-state index < -0.39 is 0 Å². The van der Waals surface area contributed by atoms with Gasteiger partial charge in [-0.15, -0.1) is 0 Å². The van der Waals surface area contributed by atoms with Gasteiger partial charge in [0.05, 0.1) is 20.1 Å². The van der Waals surface area contributed by atoms with Gasteiger partial charge in [0, 0.05) is 25.0 Å². The van der Waals surface area contributed by atoms with Crippen molar-refractivity contribution >= 4 is 11.8 Å². The van der Waals surface area contributed by atoms with Crippen molar-refractivity contribution in [3.8, 4) is 11.5 Å². The van der Waals surface area contributed by atoms with Crippen molar-refractivity contribution in [1.82, 2.24) is 10.2 Å². The molecule has 138 valence electrons. The minimum Gasteiger partial charge on any atom is -0.493 e. The molecule has 6 nitrogen and oxygen atoms in total. The lowest BCUT2D eigenvalue weighted by atomic mass is 10.0. The molecule has 0 bridgehead atoms. The first-order valence-corrected chi connectivity index (χ1v) is 8.54. The summed E-state index contributed by atoms with van der Waals surface area (Å²) in [5.74, 6) is 1.08. The zero-order valence-electron chi connectivity index (χ0n) is 15.7. The number of nitrogens with zero attached hydrogens (tertiary/aromatic N) is 1. The quantitative estimate of drug-likeness (QED) is 0.854. The van der Waals surface area contributed by atoms with Crippen molar-refractivity contribution in [2.45, 2.75) is 39.2 Å². The molecule has 1 saturated heterocycles. The van der Waals surface area contributed by atoms with Crippen LogP contribution < -0.4 is 14.8 Å². The Kier molecular flexibility index (Phi) is 5.93. The van der Waals surface area contributed by atoms with Crippen molar-refractivity contribution in [2.24, 2.45) is 5.92 Å². The third kappa shape index (κ3) is 5.11. The molecule has 2 amide bonds. The molecule has 1 aromatic rings. The summed E-state index contributed by atoms with van der Waals surface area (Å²) >= 11 is 0. The lowest BCUT2D eigenvalue weighted by Gasteiger charge is -2.23. The molecule has 0 spiro atoms. The molecular weight excluding hydrogens is 320 g/mol. The van der Waals surface area contributed by atoms with Gasteiger partial charge in [-0.25, -0.2) is 0 Å². The van der Waals surface area contributed by atoms with E-state index in [0.717, 1.165) is 5.56 Å². The lowest BCUT2D eigenvalue weighted by Crippen LogP contribution is -2.44. The molecule has 0 radical (unpaired) electrons. The van der Waals surface area contributed by atoms with Crippen LogP contribution in [-0.4, -0.2) is 49.6 Å². The monoisotopic (exact) mass is 348 g/mol. The van der Waals surface area contributed by atoms with Gasteiger partial charge in [-0.3, -0.25) is 9.59 Å². The zero-order valence-corrected chi connectivity index (χ0v) is 15.7. The second kappa shape index (κ2) is 7.76. The Hall–Kier alpha value is -2.24. The Morgan fingerprint density at radius 3 is 2.52 bits per heavy atom. The number of amides is 2. The summed E-state index contributed by atoms with van der Waals surface area (Å²) in [5.41, 5.74) is 0.778. The van der Waals surface area contributed by atoms with Gasteiger partial charge in [0.25, 0.3) is 0 Å². The van der Waals surface area contributed by atoms with Crippen molar-refractivity contribution in [1.29, 1.82) is 0 Å². The fourth-order valence-electron chi connectivity index (χ4n) is 2.94. The standard InChI is InChI=1S/C19H28N2O4/c1-19(2,3)20-18(23)14-11-17(22)21(12-14)9-8-13-6-7-15(24-4)16(10-13)25-5/h6-7,10,14H,8-9,11-12H2,1-5H3,(H,20,23). The highest BCUT2D eigenvalue weighted by molar-refractivity contribution is 5.89. The Bertz CT molecular complexity index is 637. The molecule has 6 heteroatoms. The summed E-state index contributed by atoms with van der Waals surface area (Å²) in [7, 11) is 3.20. The van der Waals surface area contributed by atoms with Gasteiger partial charge >= 0.3 is 0 Å². The highest BCUT2D eigenvalue weighted by Gasteiger charge is 2.35. The summed E-state index contributed by atoms with van der Waals surface area (Å²) in [4.78, 5) is 26.2. The second-order valence-corrected chi connectivity index (χ2v) is 7.42. The van der Waals surface area contributed by atoms with E-state index in [1.54, 1.807) is 19.1 Å². The van der Waals surface area contributed by atoms with Crippen LogP contribution in [0.3, 0.4) is 0 Å². The minimum absolute atomic E-state index is 0.0366. The molecule has 25 heavy (non-hydrogen) atoms. The van der Waals surface area contributed by atoms with Gasteiger partial charge in [0.2, 0.25) is 11.8 Å². The van der Waals surface area contributed by atoms with Crippen LogP contribution in [-0.2, 0) is 16.0 Å². The largest absolute Gasteiger partial charge is 0.493 e. The molecule has 1 aliphatic heterocycles. The maximum absolute atomic E-state index is 12.3. The highest BCUT2D eigenvalue weighted by atomic mass is 16.5. The maximum Gasteiger partial charge on any atom is 0.225 e. The summed E-state index contributed by atoms with van der Waals surface area (Å²) < 4.78 is 10.5. The summed E-state index contributed by atoms with van der Waals surface area (Å²) in [6, 6.07) is 5.74. The Morgan fingerprint density at radius 2 is 1.92 bits per heavy atom. The summed E-state index contributed by atoms with van der Waals surface area (Å²) in [6.45, 7) is 6.89. The topological polar surface area (TPSA) is 67.9 Å². The van der Waals surface area contributed by atoms with E-state index in [9.17, 15) is 9.59 Å². The average molecular weight is 348 g/mol. The number of carbonyl (C=O) groups is 2. The summed E-state index contributed by atoms with van der Waals surface area (Å²) in [5, 5.41) is 2.96. The van der Waals surface area contributed by atoms with Crippen LogP contribution in [0.1, 0.15) is 32.8 Å². The van der Waals surface area contributed by atoms with Gasteiger partial charge in [0.1, 0.15) is 0 Å². The third-order valence-corrected chi connectivity index (χ3v) is 4.20. The molecule has 0 aromatic heterocycles. The van der Waals surface area contributed by atoms with E-state index in [1.165, 1.54) is 0 Å². The second-order valence-electron chi connectivity index (χ2n) is 7.42. The van der Waals surface area contributed by atoms with Gasteiger partial charge in [-0.2, -0.15) is 0 Å². The first-order chi connectivity index (χ1) is 11.7. The SMILES string of the molecule is COc1ccc(CCN2CC(C(=O)NC(C)(C)C)CC2=O)cc1OC. The molecule has 0 saturated carbocycles. The Balaban J connectivity index is 1.93. The molecule has 1 aliphatic rings. The molecule has 2 rings (SSSR count). The number of ether oxygens (including phenoxy) is 2. The zero-order chi connectivity index (χ0) is 18.6. The number of likely N-dealkylation sites (tertiary alicyclic amines) is 1. The lowest BCUT2D eigenvalue weighted by molar-refractivity contribution is -0.129. The van der Waals surface area contributed by atoms with E-state index in [4.69, 9.17) is 9.47 Å². The third-order valence-electron chi connectivity index (χ3n) is 4.20. The van der Waals surface area contributed by atoms with Crippen LogP contribution in [0.2, 0.25) is 0 Å². The normalized spacial score (nSPS) is 17.6. The van der Waals surface area contributed by atoms with Crippen LogP contribution in [0.15, 0.2) is 18.2 Å². The first-order valence-electron chi connectivity index (χ1n) is 8.54. The molecule has 1 heterocycles. The van der Waals surface area contributed by atoms with E-state index >= 15 is 0 Å². The fraction of sp³-hybridized carbons (Fsp3) is 0.579. The number of nitrogens with one attached hydrogen (secondary N) is 1. The minimum atomic E-state index is -0.285. The van der Waals surface area contributed by atoms with Crippen molar-refractivity contribution in [3.05, 3.63) is 23.8 Å². The number of rotatable bonds is 6. The molecular formula is C19H28N2O4. The summed E-state index contributed by atoms with van der Waals surface area (Å²) in [6.07, 6.45) is 0.994. The number of methoxy groups -OCH3 is 2. The molecule has 1 aromatic carbocycles. The maximum atomic E-state index is 12.3. The van der Waals surface area contributed by atoms with Crippen LogP contribution >= 0.6 is 0 Å². The smallest absolute Gasteiger partial charge is 0.225 e. The van der Waals surface area contributed by atoms with E-state index in [1.807, 2.05) is 39.0 Å². The van der Waals surface area contributed by atoms with E-state index in [-0.39, 0.29) is 29.7 Å². The first kappa shape index (κ1) is 19.1. The molecule has 1 atom stereocenters. The van der Waals surface area contributed by atoms with Gasteiger partial charge in [-0.1, -0.05) is 6.07 Å². The highest BCUT2D eigenvalue weighted by Crippen LogP contribution is 2.28. The molecule has 0 aliphatic carbocycles. The number of benzene rings is 1. The van der Waals surface area contributed by atoms with Crippen LogP contribution in [0.5, 0.6) is 11.5 Å². The molecule has 1 N–H and O–H groups in total. The molecule has 1 fully saturated rings. The predicted octanol–water partition coefficient (Wildman–Crippen LogP) is 2.01. The predicted molar refractivity (Wildman–Crippen MR) is 95.8 cm³/mol. The Morgan fingerprint density at radius 1 is 1.24 bits per heavy atom. The van der Waals surface area contributed by atoms with Gasteiger partial charge in [-0.05, 0) is 44.9 Å². The Labute approximate surface area is 149 Å². The van der Waals surface area contributed by atoms with Crippen LogP contribution in [0, 0.1) is 5.92 Å². The van der Waals surface area contributed by atoms with Crippen molar-refractivity contribution in [3.63, 3.8) is 0 Å². The van der Waals surface area contributed by atoms with Crippen LogP contribution in [0.4, 0.5) is 0 Å². The average Bonchev–Trinajstić information content (AvgIpc) is 2.92. The van der Waals surface area contributed by atoms with E-state index in [2.05, 4.69) is 5.32 Å². The van der Waals surface area contributed by atoms with Crippen LogP contribution in [0.25, 0.3) is 0 Å². The van der Waals surface area contributed by atoms with Gasteiger partial charge in [0.15, 0.2) is 11.5 Å². The van der Waals surface area contributed by atoms with E-state index in [0.29, 0.717) is 31.0 Å². The van der Waals surface area contributed by atoms with Gasteiger partial charge < -0.3 is 19.7 Å². The number of hydrogen-bond donors (Lipinski definition) is 1. The van der Waals surface area contributed by atoms with Crippen molar-refractivity contribution in [2.75, 3.05) is 27.3 Å². The fourth-order valence-corrected chi connectivity index (χ4v) is 2.94.